The number of carbonyl (C=O) groups excluding carboxylic acids is 1. The molecule has 1 saturated heterocycles. The van der Waals surface area contributed by atoms with Crippen LogP contribution in [-0.2, 0) is 27.5 Å². The number of hydrogen-bond donors (Lipinski definition) is 1. The van der Waals surface area contributed by atoms with Crippen LogP contribution in [0, 0.1) is 0 Å². The van der Waals surface area contributed by atoms with Gasteiger partial charge < -0.3 is 5.32 Å². The molecule has 0 bridgehead atoms. The number of carbonyl (C=O) groups is 1. The van der Waals surface area contributed by atoms with Gasteiger partial charge in [-0.1, -0.05) is 23.7 Å². The van der Waals surface area contributed by atoms with E-state index >= 15 is 0 Å². The highest BCUT2D eigenvalue weighted by Gasteiger charge is 2.53. The van der Waals surface area contributed by atoms with Crippen LogP contribution in [0.2, 0.25) is 4.34 Å². The van der Waals surface area contributed by atoms with E-state index in [4.69, 9.17) is 11.6 Å². The van der Waals surface area contributed by atoms with Gasteiger partial charge in [0.1, 0.15) is 16.6 Å². The van der Waals surface area contributed by atoms with Crippen molar-refractivity contribution in [3.8, 4) is 11.3 Å². The van der Waals surface area contributed by atoms with E-state index in [-0.39, 0.29) is 26.5 Å². The lowest BCUT2D eigenvalue weighted by atomic mass is 10.1. The van der Waals surface area contributed by atoms with Gasteiger partial charge in [0.05, 0.1) is 34.4 Å². The molecule has 7 nitrogen and oxygen atoms in total. The molecule has 1 aromatic carbocycles. The summed E-state index contributed by atoms with van der Waals surface area (Å²) in [5.41, 5.74) is 0.0392. The molecular weight excluding hydrogens is 551 g/mol. The molecule has 3 aromatic rings. The highest BCUT2D eigenvalue weighted by atomic mass is 35.5. The van der Waals surface area contributed by atoms with Crippen LogP contribution in [0.5, 0.6) is 0 Å². The molecule has 0 radical (unpaired) electrons. The third kappa shape index (κ3) is 5.66. The Morgan fingerprint density at radius 2 is 1.86 bits per heavy atom. The maximum Gasteiger partial charge on any atom is 0.416 e. The van der Waals surface area contributed by atoms with E-state index in [0.717, 1.165) is 18.5 Å². The standard InChI is InChI=1S/C21H16ClF5N4O3S2/c22-17-5-6-18(35-17)36(33,34)31-10-20(23,24)8-16(31)19(32)28-9-14-7-15(30-11-29-14)12-1-3-13(4-2-12)21(25,26)27/h1-7,11,16H,8-10H2,(H,28,32)/t16-/m0/s1. The van der Waals surface area contributed by atoms with Gasteiger partial charge in [-0.3, -0.25) is 4.79 Å². The van der Waals surface area contributed by atoms with Crippen LogP contribution in [0.3, 0.4) is 0 Å². The Morgan fingerprint density at radius 3 is 2.47 bits per heavy atom. The van der Waals surface area contributed by atoms with Crippen LogP contribution in [0.25, 0.3) is 11.3 Å². The number of sulfonamides is 1. The summed E-state index contributed by atoms with van der Waals surface area (Å²) in [4.78, 5) is 20.7. The van der Waals surface area contributed by atoms with Gasteiger partial charge >= 0.3 is 6.18 Å². The van der Waals surface area contributed by atoms with Crippen LogP contribution >= 0.6 is 22.9 Å². The molecule has 1 amide bonds. The number of halogens is 6. The van der Waals surface area contributed by atoms with Crippen LogP contribution in [0.4, 0.5) is 22.0 Å². The Kier molecular flexibility index (Phi) is 7.07. The van der Waals surface area contributed by atoms with Crippen molar-refractivity contribution < 1.29 is 35.2 Å². The molecule has 15 heteroatoms. The van der Waals surface area contributed by atoms with Crippen molar-refractivity contribution in [3.63, 3.8) is 0 Å². The van der Waals surface area contributed by atoms with Crippen molar-refractivity contribution in [2.45, 2.75) is 35.3 Å². The lowest BCUT2D eigenvalue weighted by Gasteiger charge is -2.21. The molecule has 36 heavy (non-hydrogen) atoms. The molecule has 0 spiro atoms. The molecule has 4 rings (SSSR count). The number of thiophene rings is 1. The van der Waals surface area contributed by atoms with Gasteiger partial charge in [0.25, 0.3) is 15.9 Å². The molecule has 1 atom stereocenters. The molecule has 0 aliphatic carbocycles. The number of aromatic nitrogens is 2. The zero-order valence-electron chi connectivity index (χ0n) is 18.0. The first-order valence-corrected chi connectivity index (χ1v) is 12.8. The van der Waals surface area contributed by atoms with Gasteiger partial charge in [-0.25, -0.2) is 27.2 Å². The van der Waals surface area contributed by atoms with Crippen molar-refractivity contribution in [1.82, 2.24) is 19.6 Å². The number of nitrogens with zero attached hydrogens (tertiary/aromatic N) is 3. The number of nitrogens with one attached hydrogen (secondary N) is 1. The minimum absolute atomic E-state index is 0.146. The summed E-state index contributed by atoms with van der Waals surface area (Å²) < 4.78 is 92.8. The van der Waals surface area contributed by atoms with E-state index in [0.29, 0.717) is 21.2 Å². The van der Waals surface area contributed by atoms with E-state index in [1.54, 1.807) is 0 Å². The minimum atomic E-state index is -4.49. The first-order valence-electron chi connectivity index (χ1n) is 10.2. The largest absolute Gasteiger partial charge is 0.416 e. The number of rotatable bonds is 6. The Hall–Kier alpha value is -2.68. The molecule has 1 fully saturated rings. The average Bonchev–Trinajstić information content (AvgIpc) is 3.40. The summed E-state index contributed by atoms with van der Waals surface area (Å²) in [6.45, 7) is -1.41. The van der Waals surface area contributed by atoms with Crippen molar-refractivity contribution in [3.05, 3.63) is 64.4 Å². The normalized spacial score (nSPS) is 18.3. The summed E-state index contributed by atoms with van der Waals surface area (Å²) in [7, 11) is -4.40. The van der Waals surface area contributed by atoms with E-state index < -0.39 is 52.6 Å². The average molecular weight is 567 g/mol. The highest BCUT2D eigenvalue weighted by Crippen LogP contribution is 2.38. The topological polar surface area (TPSA) is 92.3 Å². The van der Waals surface area contributed by atoms with Crippen LogP contribution in [0.1, 0.15) is 17.7 Å². The predicted molar refractivity (Wildman–Crippen MR) is 121 cm³/mol. The second kappa shape index (κ2) is 9.65. The second-order valence-electron chi connectivity index (χ2n) is 7.87. The molecule has 192 valence electrons. The minimum Gasteiger partial charge on any atom is -0.349 e. The maximum absolute atomic E-state index is 14.2. The van der Waals surface area contributed by atoms with E-state index in [1.165, 1.54) is 30.3 Å². The molecule has 1 N–H and O–H groups in total. The van der Waals surface area contributed by atoms with Gasteiger partial charge in [-0.15, -0.1) is 11.3 Å². The van der Waals surface area contributed by atoms with Crippen LogP contribution in [-0.4, -0.2) is 47.1 Å². The fourth-order valence-electron chi connectivity index (χ4n) is 3.59. The van der Waals surface area contributed by atoms with Gasteiger partial charge in [-0.05, 0) is 30.3 Å². The van der Waals surface area contributed by atoms with E-state index in [9.17, 15) is 35.2 Å². The fraction of sp³-hybridized carbons (Fsp3) is 0.286. The molecule has 1 aliphatic rings. The number of benzene rings is 1. The molecule has 2 aromatic heterocycles. The van der Waals surface area contributed by atoms with Gasteiger partial charge in [0, 0.05) is 12.0 Å². The van der Waals surface area contributed by atoms with E-state index in [2.05, 4.69) is 15.3 Å². The predicted octanol–water partition coefficient (Wildman–Crippen LogP) is 4.59. The van der Waals surface area contributed by atoms with Crippen molar-refractivity contribution in [2.75, 3.05) is 6.54 Å². The second-order valence-corrected chi connectivity index (χ2v) is 11.7. The lowest BCUT2D eigenvalue weighted by molar-refractivity contribution is -0.137. The monoisotopic (exact) mass is 566 g/mol. The number of alkyl halides is 5. The summed E-state index contributed by atoms with van der Waals surface area (Å²) in [5.74, 6) is -4.37. The van der Waals surface area contributed by atoms with Crippen molar-refractivity contribution in [2.24, 2.45) is 0 Å². The SMILES string of the molecule is O=C(NCc1cc(-c2ccc(C(F)(F)F)cc2)ncn1)[C@@H]1CC(F)(F)CN1S(=O)(=O)c1ccc(Cl)s1. The van der Waals surface area contributed by atoms with Gasteiger partial charge in [0.15, 0.2) is 0 Å². The van der Waals surface area contributed by atoms with E-state index in [1.807, 2.05) is 0 Å². The first kappa shape index (κ1) is 26.4. The van der Waals surface area contributed by atoms with Crippen molar-refractivity contribution >= 4 is 38.9 Å². The van der Waals surface area contributed by atoms with Crippen molar-refractivity contribution in [1.29, 1.82) is 0 Å². The summed E-state index contributed by atoms with van der Waals surface area (Å²) in [6.07, 6.45) is -4.36. The maximum atomic E-state index is 14.2. The summed E-state index contributed by atoms with van der Waals surface area (Å²) in [5, 5.41) is 2.41. The first-order chi connectivity index (χ1) is 16.8. The number of amides is 1. The Bertz CT molecular complexity index is 1380. The van der Waals surface area contributed by atoms with Gasteiger partial charge in [0.2, 0.25) is 5.91 Å². The smallest absolute Gasteiger partial charge is 0.349 e. The lowest BCUT2D eigenvalue weighted by Crippen LogP contribution is -2.45. The summed E-state index contributed by atoms with van der Waals surface area (Å²) in [6, 6.07) is 6.49. The molecule has 3 heterocycles. The van der Waals surface area contributed by atoms with Gasteiger partial charge in [-0.2, -0.15) is 17.5 Å². The number of hydrogen-bond acceptors (Lipinski definition) is 6. The molecule has 0 unspecified atom stereocenters. The molecule has 0 saturated carbocycles. The Labute approximate surface area is 211 Å². The molecule has 1 aliphatic heterocycles. The van der Waals surface area contributed by atoms with Crippen LogP contribution < -0.4 is 5.32 Å². The summed E-state index contributed by atoms with van der Waals surface area (Å²) >= 11 is 6.46. The zero-order valence-corrected chi connectivity index (χ0v) is 20.4. The highest BCUT2D eigenvalue weighted by molar-refractivity contribution is 7.91. The zero-order chi connectivity index (χ0) is 26.3. The quantitative estimate of drug-likeness (QED) is 0.441. The Balaban J connectivity index is 1.49. The third-order valence-electron chi connectivity index (χ3n) is 5.32. The third-order valence-corrected chi connectivity index (χ3v) is 8.87. The molecular formula is C21H16ClF5N4O3S2. The van der Waals surface area contributed by atoms with Crippen LogP contribution in [0.15, 0.2) is 53.0 Å². The fourth-order valence-corrected chi connectivity index (χ4v) is 6.82. The Morgan fingerprint density at radius 1 is 1.17 bits per heavy atom.